The molecular weight excluding hydrogens is 352 g/mol. The Morgan fingerprint density at radius 3 is 2.75 bits per heavy atom. The molecule has 0 spiro atoms. The highest BCUT2D eigenvalue weighted by Gasteiger charge is 2.22. The molecule has 1 aromatic heterocycles. The molecule has 1 atom stereocenters. The summed E-state index contributed by atoms with van der Waals surface area (Å²) >= 11 is 0. The second kappa shape index (κ2) is 10.2. The first-order valence-corrected chi connectivity index (χ1v) is 10.3. The van der Waals surface area contributed by atoms with Gasteiger partial charge in [-0.2, -0.15) is 5.10 Å². The van der Waals surface area contributed by atoms with E-state index in [2.05, 4.69) is 58.8 Å². The summed E-state index contributed by atoms with van der Waals surface area (Å²) in [5, 5.41) is 11.5. The van der Waals surface area contributed by atoms with E-state index in [1.54, 1.807) is 7.11 Å². The maximum atomic E-state index is 5.14. The lowest BCUT2D eigenvalue weighted by Crippen LogP contribution is -2.47. The zero-order chi connectivity index (χ0) is 19.8. The van der Waals surface area contributed by atoms with Crippen LogP contribution in [0, 0.1) is 0 Å². The maximum absolute atomic E-state index is 5.14. The third kappa shape index (κ3) is 5.55. The number of aromatic nitrogens is 3. The average molecular weight is 385 g/mol. The summed E-state index contributed by atoms with van der Waals surface area (Å²) < 4.78 is 7.13. The number of methoxy groups -OCH3 is 1. The van der Waals surface area contributed by atoms with E-state index in [1.165, 1.54) is 11.1 Å². The van der Waals surface area contributed by atoms with E-state index in [9.17, 15) is 0 Å². The van der Waals surface area contributed by atoms with Crippen LogP contribution in [-0.2, 0) is 37.2 Å². The summed E-state index contributed by atoms with van der Waals surface area (Å²) in [6, 6.07) is 9.13. The summed E-state index contributed by atoms with van der Waals surface area (Å²) in [6.45, 7) is 7.14. The summed E-state index contributed by atoms with van der Waals surface area (Å²) in [5.41, 5.74) is 2.70. The number of fused-ring (bicyclic) bond motifs is 1. The molecule has 152 valence electrons. The Balaban J connectivity index is 1.55. The lowest BCUT2D eigenvalue weighted by atomic mass is 10.1. The number of ether oxygens (including phenoxy) is 1. The highest BCUT2D eigenvalue weighted by atomic mass is 16.5. The Labute approximate surface area is 167 Å². The summed E-state index contributed by atoms with van der Waals surface area (Å²) in [4.78, 5) is 9.30. The van der Waals surface area contributed by atoms with Crippen LogP contribution in [0.15, 0.2) is 29.3 Å². The van der Waals surface area contributed by atoms with Gasteiger partial charge in [0, 0.05) is 32.7 Å². The number of nitrogens with one attached hydrogen (secondary N) is 2. The number of guanidine groups is 1. The normalized spacial score (nSPS) is 16.7. The fourth-order valence-corrected chi connectivity index (χ4v) is 3.42. The molecule has 0 saturated carbocycles. The summed E-state index contributed by atoms with van der Waals surface area (Å²) in [7, 11) is 1.67. The van der Waals surface area contributed by atoms with Gasteiger partial charge in [-0.3, -0.25) is 4.99 Å². The van der Waals surface area contributed by atoms with Crippen LogP contribution in [0.1, 0.15) is 43.0 Å². The van der Waals surface area contributed by atoms with Crippen molar-refractivity contribution in [1.82, 2.24) is 25.4 Å². The predicted octanol–water partition coefficient (Wildman–Crippen LogP) is 2.10. The van der Waals surface area contributed by atoms with Gasteiger partial charge < -0.3 is 15.4 Å². The zero-order valence-corrected chi connectivity index (χ0v) is 17.2. The maximum Gasteiger partial charge on any atom is 0.191 e. The first kappa shape index (κ1) is 20.3. The average Bonchev–Trinajstić information content (AvgIpc) is 3.10. The van der Waals surface area contributed by atoms with Gasteiger partial charge >= 0.3 is 0 Å². The molecule has 7 heteroatoms. The molecule has 2 N–H and O–H groups in total. The molecule has 0 saturated heterocycles. The van der Waals surface area contributed by atoms with Crippen LogP contribution in [-0.4, -0.2) is 47.0 Å². The second-order valence-corrected chi connectivity index (χ2v) is 7.12. The number of hydrogen-bond acceptors (Lipinski definition) is 4. The third-order valence-electron chi connectivity index (χ3n) is 4.96. The van der Waals surface area contributed by atoms with Gasteiger partial charge in [0.15, 0.2) is 11.8 Å². The van der Waals surface area contributed by atoms with Gasteiger partial charge in [0.05, 0.1) is 6.54 Å². The first-order chi connectivity index (χ1) is 13.7. The molecule has 0 fully saturated rings. The fraction of sp³-hybridized carbons (Fsp3) is 0.571. The van der Waals surface area contributed by atoms with Crippen molar-refractivity contribution < 1.29 is 4.74 Å². The molecule has 2 aromatic rings. The lowest BCUT2D eigenvalue weighted by Gasteiger charge is -2.25. The third-order valence-corrected chi connectivity index (χ3v) is 4.96. The number of nitrogens with zero attached hydrogens (tertiary/aromatic N) is 4. The van der Waals surface area contributed by atoms with Gasteiger partial charge in [0.1, 0.15) is 12.4 Å². The van der Waals surface area contributed by atoms with E-state index in [4.69, 9.17) is 9.73 Å². The van der Waals surface area contributed by atoms with Crippen molar-refractivity contribution in [2.24, 2.45) is 4.99 Å². The van der Waals surface area contributed by atoms with Crippen molar-refractivity contribution in [1.29, 1.82) is 0 Å². The molecular formula is C21H32N6O. The van der Waals surface area contributed by atoms with E-state index in [0.717, 1.165) is 62.9 Å². The molecule has 0 aliphatic carbocycles. The Bertz CT molecular complexity index is 768. The minimum Gasteiger partial charge on any atom is -0.377 e. The molecule has 3 rings (SSSR count). The topological polar surface area (TPSA) is 76.4 Å². The van der Waals surface area contributed by atoms with E-state index in [-0.39, 0.29) is 0 Å². The molecule has 1 aliphatic rings. The molecule has 28 heavy (non-hydrogen) atoms. The van der Waals surface area contributed by atoms with E-state index < -0.39 is 0 Å². The van der Waals surface area contributed by atoms with Gasteiger partial charge in [-0.15, -0.1) is 0 Å². The number of rotatable bonds is 8. The minimum absolute atomic E-state index is 0.297. The lowest BCUT2D eigenvalue weighted by molar-refractivity contribution is 0.177. The standard InChI is InChI=1S/C21H32N6O/c1-4-16-6-8-17(9-7-16)12-13-23-21(22-5-2)24-18-10-11-20-25-19(15-28-3)26-27(20)14-18/h6-9,18H,4-5,10-15H2,1-3H3,(H2,22,23,24). The van der Waals surface area contributed by atoms with E-state index in [1.807, 2.05) is 4.68 Å². The number of aryl methyl sites for hydroxylation is 2. The Kier molecular flexibility index (Phi) is 7.42. The van der Waals surface area contributed by atoms with Crippen molar-refractivity contribution >= 4 is 5.96 Å². The molecule has 0 amide bonds. The van der Waals surface area contributed by atoms with Crippen molar-refractivity contribution in [3.05, 3.63) is 47.0 Å². The highest BCUT2D eigenvalue weighted by molar-refractivity contribution is 5.80. The van der Waals surface area contributed by atoms with Gasteiger partial charge in [-0.1, -0.05) is 31.2 Å². The molecule has 0 bridgehead atoms. The predicted molar refractivity (Wildman–Crippen MR) is 111 cm³/mol. The fourth-order valence-electron chi connectivity index (χ4n) is 3.42. The SMILES string of the molecule is CCNC(=NCCc1ccc(CC)cc1)NC1CCc2nc(COC)nn2C1. The van der Waals surface area contributed by atoms with Crippen molar-refractivity contribution in [3.8, 4) is 0 Å². The summed E-state index contributed by atoms with van der Waals surface area (Å²) in [6.07, 6.45) is 3.96. The van der Waals surface area contributed by atoms with E-state index in [0.29, 0.717) is 12.6 Å². The smallest absolute Gasteiger partial charge is 0.191 e. The Morgan fingerprint density at radius 1 is 1.25 bits per heavy atom. The van der Waals surface area contributed by atoms with E-state index >= 15 is 0 Å². The molecule has 1 aromatic carbocycles. The monoisotopic (exact) mass is 384 g/mol. The molecule has 7 nitrogen and oxygen atoms in total. The van der Waals surface area contributed by atoms with Gasteiger partial charge in [0.25, 0.3) is 0 Å². The molecule has 1 aliphatic heterocycles. The van der Waals surface area contributed by atoms with Crippen LogP contribution in [0.4, 0.5) is 0 Å². The van der Waals surface area contributed by atoms with Gasteiger partial charge in [-0.25, -0.2) is 9.67 Å². The molecule has 0 radical (unpaired) electrons. The van der Waals surface area contributed by atoms with Crippen LogP contribution in [0.25, 0.3) is 0 Å². The first-order valence-electron chi connectivity index (χ1n) is 10.3. The molecule has 2 heterocycles. The Hall–Kier alpha value is -2.41. The minimum atomic E-state index is 0.297. The quantitative estimate of drug-likeness (QED) is 0.538. The second-order valence-electron chi connectivity index (χ2n) is 7.12. The van der Waals surface area contributed by atoms with Crippen LogP contribution >= 0.6 is 0 Å². The molecule has 1 unspecified atom stereocenters. The van der Waals surface area contributed by atoms with Crippen molar-refractivity contribution in [2.75, 3.05) is 20.2 Å². The van der Waals surface area contributed by atoms with Crippen molar-refractivity contribution in [3.63, 3.8) is 0 Å². The number of benzene rings is 1. The number of aliphatic imine (C=N–C) groups is 1. The van der Waals surface area contributed by atoms with Crippen LogP contribution < -0.4 is 10.6 Å². The summed E-state index contributed by atoms with van der Waals surface area (Å²) in [5.74, 6) is 2.67. The number of hydrogen-bond donors (Lipinski definition) is 2. The van der Waals surface area contributed by atoms with Crippen molar-refractivity contribution in [2.45, 2.75) is 58.7 Å². The van der Waals surface area contributed by atoms with Gasteiger partial charge in [-0.05, 0) is 37.3 Å². The van der Waals surface area contributed by atoms with Gasteiger partial charge in [0.2, 0.25) is 0 Å². The zero-order valence-electron chi connectivity index (χ0n) is 17.2. The van der Waals surface area contributed by atoms with Crippen LogP contribution in [0.2, 0.25) is 0 Å². The largest absolute Gasteiger partial charge is 0.377 e. The highest BCUT2D eigenvalue weighted by Crippen LogP contribution is 2.13. The Morgan fingerprint density at radius 2 is 2.04 bits per heavy atom. The van der Waals surface area contributed by atoms with Crippen LogP contribution in [0.5, 0.6) is 0 Å². The van der Waals surface area contributed by atoms with Crippen LogP contribution in [0.3, 0.4) is 0 Å².